The molecule has 1 N–H and O–H groups in total. The minimum atomic E-state index is -0.329. The van der Waals surface area contributed by atoms with E-state index in [1.165, 1.54) is 24.3 Å². The highest BCUT2D eigenvalue weighted by Crippen LogP contribution is 2.20. The zero-order valence-corrected chi connectivity index (χ0v) is 16.1. The second kappa shape index (κ2) is 9.66. The molecule has 1 aliphatic carbocycles. The largest absolute Gasteiger partial charge is 0.322 e. The Kier molecular flexibility index (Phi) is 6.76. The van der Waals surface area contributed by atoms with E-state index in [1.54, 1.807) is 30.4 Å². The summed E-state index contributed by atoms with van der Waals surface area (Å²) in [6.07, 6.45) is 9.30. The van der Waals surface area contributed by atoms with E-state index in [-0.39, 0.29) is 17.5 Å². The van der Waals surface area contributed by atoms with Crippen LogP contribution in [0.15, 0.2) is 77.9 Å². The van der Waals surface area contributed by atoms with Gasteiger partial charge in [-0.1, -0.05) is 43.1 Å². The van der Waals surface area contributed by atoms with E-state index in [2.05, 4.69) is 17.2 Å². The number of benzene rings is 2. The van der Waals surface area contributed by atoms with Crippen LogP contribution in [0.4, 0.5) is 14.5 Å². The van der Waals surface area contributed by atoms with Gasteiger partial charge in [-0.05, 0) is 67.3 Å². The summed E-state index contributed by atoms with van der Waals surface area (Å²) in [6.45, 7) is 1.91. The van der Waals surface area contributed by atoms with Crippen molar-refractivity contribution in [3.63, 3.8) is 0 Å². The Labute approximate surface area is 169 Å². The first kappa shape index (κ1) is 20.3. The molecule has 0 unspecified atom stereocenters. The number of anilines is 1. The molecule has 2 aromatic carbocycles. The predicted molar refractivity (Wildman–Crippen MR) is 112 cm³/mol. The van der Waals surface area contributed by atoms with Crippen LogP contribution < -0.4 is 5.32 Å². The molecular formula is C25H21F2NO. The molecule has 0 aromatic heterocycles. The van der Waals surface area contributed by atoms with Gasteiger partial charge in [-0.3, -0.25) is 4.79 Å². The maximum absolute atomic E-state index is 13.4. The molecule has 0 saturated heterocycles. The number of amides is 1. The molecule has 1 amide bonds. The molecule has 0 radical (unpaired) electrons. The smallest absolute Gasteiger partial charge is 0.251 e. The molecule has 0 fully saturated rings. The molecule has 2 aromatic rings. The van der Waals surface area contributed by atoms with Gasteiger partial charge in [0.15, 0.2) is 0 Å². The number of nitrogens with one attached hydrogen (secondary N) is 1. The van der Waals surface area contributed by atoms with Crippen molar-refractivity contribution >= 4 is 11.6 Å². The molecule has 0 atom stereocenters. The first-order valence-electron chi connectivity index (χ1n) is 9.50. The summed E-state index contributed by atoms with van der Waals surface area (Å²) < 4.78 is 26.7. The predicted octanol–water partition coefficient (Wildman–Crippen LogP) is 5.72. The molecule has 3 rings (SSSR count). The van der Waals surface area contributed by atoms with Crippen molar-refractivity contribution in [2.24, 2.45) is 0 Å². The first-order valence-corrected chi connectivity index (χ1v) is 9.50. The number of aryl methyl sites for hydroxylation is 1. The zero-order chi connectivity index (χ0) is 20.6. The molecule has 4 heteroatoms. The maximum atomic E-state index is 13.4. The fourth-order valence-corrected chi connectivity index (χ4v) is 2.94. The molecule has 0 aliphatic heterocycles. The Morgan fingerprint density at radius 1 is 1.07 bits per heavy atom. The van der Waals surface area contributed by atoms with E-state index in [0.29, 0.717) is 36.1 Å². The molecule has 2 nitrogen and oxygen atoms in total. The first-order chi connectivity index (χ1) is 14.0. The monoisotopic (exact) mass is 389 g/mol. The molecule has 0 spiro atoms. The Morgan fingerprint density at radius 3 is 2.69 bits per heavy atom. The van der Waals surface area contributed by atoms with Crippen molar-refractivity contribution in [3.8, 4) is 11.8 Å². The summed E-state index contributed by atoms with van der Waals surface area (Å²) in [5.74, 6) is 5.08. The van der Waals surface area contributed by atoms with Crippen LogP contribution in [-0.4, -0.2) is 5.91 Å². The normalized spacial score (nSPS) is 13.3. The number of carbonyl (C=O) groups is 1. The van der Waals surface area contributed by atoms with Gasteiger partial charge in [0.2, 0.25) is 0 Å². The lowest BCUT2D eigenvalue weighted by molar-refractivity contribution is -0.113. The third-order valence-corrected chi connectivity index (χ3v) is 4.51. The lowest BCUT2D eigenvalue weighted by atomic mass is 10.0. The van der Waals surface area contributed by atoms with Gasteiger partial charge in [-0.25, -0.2) is 8.78 Å². The van der Waals surface area contributed by atoms with Gasteiger partial charge in [-0.2, -0.15) is 0 Å². The summed E-state index contributed by atoms with van der Waals surface area (Å²) in [5.41, 5.74) is 3.31. The van der Waals surface area contributed by atoms with Crippen molar-refractivity contribution < 1.29 is 13.6 Å². The molecule has 1 aliphatic rings. The van der Waals surface area contributed by atoms with Gasteiger partial charge in [0.25, 0.3) is 5.91 Å². The molecule has 29 heavy (non-hydrogen) atoms. The summed E-state index contributed by atoms with van der Waals surface area (Å²) in [4.78, 5) is 12.7. The molecular weight excluding hydrogens is 368 g/mol. The Morgan fingerprint density at radius 2 is 1.90 bits per heavy atom. The fraction of sp³-hybridized carbons (Fsp3) is 0.160. The number of allylic oxidation sites excluding steroid dienone is 5. The van der Waals surface area contributed by atoms with Gasteiger partial charge < -0.3 is 5.32 Å². The van der Waals surface area contributed by atoms with Gasteiger partial charge in [0.05, 0.1) is 0 Å². The van der Waals surface area contributed by atoms with Crippen LogP contribution in [0.5, 0.6) is 0 Å². The van der Waals surface area contributed by atoms with Crippen LogP contribution in [-0.2, 0) is 11.2 Å². The SMILES string of the molecule is CCc1cc(F)ccc1NC(=O)C1=CC=C(C#Cc2cccc(F)c2)C=CCC1. The van der Waals surface area contributed by atoms with Crippen LogP contribution in [0.2, 0.25) is 0 Å². The number of hydrogen-bond acceptors (Lipinski definition) is 1. The van der Waals surface area contributed by atoms with Crippen molar-refractivity contribution in [1.82, 2.24) is 0 Å². The number of halogens is 2. The van der Waals surface area contributed by atoms with Crippen molar-refractivity contribution in [1.29, 1.82) is 0 Å². The van der Waals surface area contributed by atoms with E-state index in [9.17, 15) is 13.6 Å². The average molecular weight is 389 g/mol. The van der Waals surface area contributed by atoms with Gasteiger partial charge in [0, 0.05) is 22.4 Å². The number of hydrogen-bond donors (Lipinski definition) is 1. The van der Waals surface area contributed by atoms with E-state index in [0.717, 1.165) is 11.1 Å². The van der Waals surface area contributed by atoms with Crippen LogP contribution in [0, 0.1) is 23.5 Å². The van der Waals surface area contributed by atoms with E-state index < -0.39 is 0 Å². The van der Waals surface area contributed by atoms with Crippen molar-refractivity contribution in [2.45, 2.75) is 26.2 Å². The maximum Gasteiger partial charge on any atom is 0.251 e. The van der Waals surface area contributed by atoms with E-state index >= 15 is 0 Å². The second-order valence-electron chi connectivity index (χ2n) is 6.62. The minimum absolute atomic E-state index is 0.213. The highest BCUT2D eigenvalue weighted by atomic mass is 19.1. The lowest BCUT2D eigenvalue weighted by Gasteiger charge is -2.12. The summed E-state index contributed by atoms with van der Waals surface area (Å²) in [6, 6.07) is 10.5. The van der Waals surface area contributed by atoms with Crippen LogP contribution in [0.3, 0.4) is 0 Å². The summed E-state index contributed by atoms with van der Waals surface area (Å²) in [7, 11) is 0. The second-order valence-corrected chi connectivity index (χ2v) is 6.62. The van der Waals surface area contributed by atoms with Crippen LogP contribution in [0.25, 0.3) is 0 Å². The molecule has 0 heterocycles. The van der Waals surface area contributed by atoms with Gasteiger partial charge >= 0.3 is 0 Å². The molecule has 0 saturated carbocycles. The summed E-state index contributed by atoms with van der Waals surface area (Å²) in [5, 5.41) is 2.88. The van der Waals surface area contributed by atoms with Gasteiger partial charge in [0.1, 0.15) is 11.6 Å². The Balaban J connectivity index is 1.79. The van der Waals surface area contributed by atoms with Crippen LogP contribution in [0.1, 0.15) is 30.9 Å². The quantitative estimate of drug-likeness (QED) is 0.669. The fourth-order valence-electron chi connectivity index (χ4n) is 2.94. The lowest BCUT2D eigenvalue weighted by Crippen LogP contribution is -2.16. The highest BCUT2D eigenvalue weighted by molar-refractivity contribution is 6.04. The number of carbonyl (C=O) groups excluding carboxylic acids is 1. The topological polar surface area (TPSA) is 29.1 Å². The third kappa shape index (κ3) is 5.76. The third-order valence-electron chi connectivity index (χ3n) is 4.51. The van der Waals surface area contributed by atoms with E-state index in [4.69, 9.17) is 0 Å². The van der Waals surface area contributed by atoms with E-state index in [1.807, 2.05) is 19.1 Å². The number of rotatable bonds is 3. The Bertz CT molecular complexity index is 1070. The van der Waals surface area contributed by atoms with Crippen molar-refractivity contribution in [2.75, 3.05) is 5.32 Å². The average Bonchev–Trinajstić information content (AvgIpc) is 2.68. The van der Waals surface area contributed by atoms with Crippen LogP contribution >= 0.6 is 0 Å². The minimum Gasteiger partial charge on any atom is -0.322 e. The van der Waals surface area contributed by atoms with Gasteiger partial charge in [-0.15, -0.1) is 0 Å². The zero-order valence-electron chi connectivity index (χ0n) is 16.1. The summed E-state index contributed by atoms with van der Waals surface area (Å²) >= 11 is 0. The highest BCUT2D eigenvalue weighted by Gasteiger charge is 2.12. The Hall–Kier alpha value is -3.45. The molecule has 0 bridgehead atoms. The standard InChI is InChI=1S/C25H21F2NO/c1-2-20-17-23(27)14-15-24(20)28-25(29)21-8-4-3-6-18(12-13-21)10-11-19-7-5-9-22(26)16-19/h3,5-7,9,12-17H,2,4,8H2,1H3,(H,28,29). The van der Waals surface area contributed by atoms with Crippen molar-refractivity contribution in [3.05, 3.63) is 101 Å². The molecule has 146 valence electrons.